The van der Waals surface area contributed by atoms with Crippen LogP contribution >= 0.6 is 34.8 Å². The van der Waals surface area contributed by atoms with Crippen LogP contribution in [0.5, 0.6) is 0 Å². The second-order valence-electron chi connectivity index (χ2n) is 5.36. The fourth-order valence-electron chi connectivity index (χ4n) is 2.56. The van der Waals surface area contributed by atoms with Gasteiger partial charge in [0.2, 0.25) is 5.91 Å². The molecule has 1 fully saturated rings. The van der Waals surface area contributed by atoms with Gasteiger partial charge in [0.25, 0.3) is 5.91 Å². The lowest BCUT2D eigenvalue weighted by atomic mass is 10.2. The largest absolute Gasteiger partial charge is 0.340 e. The molecule has 1 aliphatic rings. The van der Waals surface area contributed by atoms with Crippen LogP contribution in [0.4, 0.5) is 10.1 Å². The third kappa shape index (κ3) is 3.56. The molecule has 9 heteroatoms. The van der Waals surface area contributed by atoms with Crippen molar-refractivity contribution in [1.29, 1.82) is 0 Å². The Hall–Kier alpha value is -1.89. The van der Waals surface area contributed by atoms with Crippen LogP contribution in [0, 0.1) is 5.82 Å². The van der Waals surface area contributed by atoms with Gasteiger partial charge in [-0.05, 0) is 24.6 Å². The summed E-state index contributed by atoms with van der Waals surface area (Å²) < 4.78 is 13.5. The number of hydrogen-bond acceptors (Lipinski definition) is 3. The second-order valence-corrected chi connectivity index (χ2v) is 6.48. The van der Waals surface area contributed by atoms with Crippen molar-refractivity contribution in [3.63, 3.8) is 0 Å². The average molecular weight is 403 g/mol. The van der Waals surface area contributed by atoms with E-state index in [1.54, 1.807) is 24.3 Å². The number of nitrogens with zero attached hydrogens (tertiary/aromatic N) is 2. The lowest BCUT2D eigenvalue weighted by Gasteiger charge is -2.18. The van der Waals surface area contributed by atoms with Gasteiger partial charge in [0.05, 0.1) is 16.3 Å². The Morgan fingerprint density at radius 3 is 2.68 bits per heavy atom. The topological polar surface area (TPSA) is 62.3 Å². The zero-order valence-corrected chi connectivity index (χ0v) is 14.9. The minimum Gasteiger partial charge on any atom is -0.340 e. The Morgan fingerprint density at radius 2 is 1.96 bits per heavy atom. The van der Waals surface area contributed by atoms with Gasteiger partial charge in [0, 0.05) is 6.54 Å². The van der Waals surface area contributed by atoms with Crippen molar-refractivity contribution < 1.29 is 14.0 Å². The number of benzene rings is 1. The van der Waals surface area contributed by atoms with Crippen LogP contribution in [-0.2, 0) is 4.79 Å². The molecular formula is C16H11Cl3FN3O2. The maximum atomic E-state index is 13.5. The number of carbonyl (C=O) groups is 2. The van der Waals surface area contributed by atoms with Crippen LogP contribution in [0.15, 0.2) is 30.3 Å². The molecule has 1 aromatic heterocycles. The van der Waals surface area contributed by atoms with Crippen molar-refractivity contribution in [2.75, 3.05) is 11.4 Å². The molecule has 1 saturated heterocycles. The van der Waals surface area contributed by atoms with Gasteiger partial charge in [-0.25, -0.2) is 9.37 Å². The standard InChI is InChI=1S/C16H11Cl3FN3O2/c17-9-3-1-2-4-12(9)23-6-5-11(16(23)25)21-15(24)8-7-10(20)14(19)22-13(8)18/h1-4,7,11H,5-6H2,(H,21,24)/t11-/m0/s1. The van der Waals surface area contributed by atoms with Crippen LogP contribution in [-0.4, -0.2) is 29.4 Å². The summed E-state index contributed by atoms with van der Waals surface area (Å²) in [6.07, 6.45) is 0.386. The lowest BCUT2D eigenvalue weighted by molar-refractivity contribution is -0.118. The fourth-order valence-corrected chi connectivity index (χ4v) is 3.21. The number of rotatable bonds is 3. The van der Waals surface area contributed by atoms with E-state index in [1.165, 1.54) is 4.90 Å². The summed E-state index contributed by atoms with van der Waals surface area (Å²) >= 11 is 17.4. The van der Waals surface area contributed by atoms with E-state index < -0.39 is 22.9 Å². The Labute approximate surface area is 157 Å². The van der Waals surface area contributed by atoms with Gasteiger partial charge in [0.15, 0.2) is 11.0 Å². The van der Waals surface area contributed by atoms with Crippen molar-refractivity contribution >= 4 is 52.3 Å². The van der Waals surface area contributed by atoms with Gasteiger partial charge in [-0.15, -0.1) is 0 Å². The zero-order valence-electron chi connectivity index (χ0n) is 12.6. The number of carbonyl (C=O) groups excluding carboxylic acids is 2. The Balaban J connectivity index is 1.76. The van der Waals surface area contributed by atoms with Gasteiger partial charge in [0.1, 0.15) is 11.2 Å². The number of anilines is 1. The molecule has 2 amide bonds. The Morgan fingerprint density at radius 1 is 1.24 bits per heavy atom. The maximum absolute atomic E-state index is 13.5. The molecule has 0 saturated carbocycles. The molecule has 25 heavy (non-hydrogen) atoms. The van der Waals surface area contributed by atoms with E-state index in [9.17, 15) is 14.0 Å². The Kier molecular flexibility index (Phi) is 5.13. The third-order valence-electron chi connectivity index (χ3n) is 3.79. The van der Waals surface area contributed by atoms with Gasteiger partial charge >= 0.3 is 0 Å². The summed E-state index contributed by atoms with van der Waals surface area (Å²) in [6.45, 7) is 0.397. The minimum absolute atomic E-state index is 0.187. The molecule has 0 radical (unpaired) electrons. The highest BCUT2D eigenvalue weighted by Crippen LogP contribution is 2.29. The maximum Gasteiger partial charge on any atom is 0.255 e. The van der Waals surface area contributed by atoms with Crippen molar-refractivity contribution in [2.45, 2.75) is 12.5 Å². The summed E-state index contributed by atoms with van der Waals surface area (Å²) in [6, 6.07) is 7.05. The van der Waals surface area contributed by atoms with Crippen LogP contribution in [0.2, 0.25) is 15.3 Å². The number of halogens is 4. The summed E-state index contributed by atoms with van der Waals surface area (Å²) in [5, 5.41) is 2.32. The quantitative estimate of drug-likeness (QED) is 0.796. The van der Waals surface area contributed by atoms with E-state index in [4.69, 9.17) is 34.8 Å². The molecule has 1 aromatic carbocycles. The van der Waals surface area contributed by atoms with E-state index >= 15 is 0 Å². The molecule has 2 heterocycles. The van der Waals surface area contributed by atoms with E-state index in [0.29, 0.717) is 23.7 Å². The number of hydrogen-bond donors (Lipinski definition) is 1. The van der Waals surface area contributed by atoms with Crippen LogP contribution in [0.25, 0.3) is 0 Å². The molecule has 130 valence electrons. The predicted molar refractivity (Wildman–Crippen MR) is 93.9 cm³/mol. The first-order valence-corrected chi connectivity index (χ1v) is 8.40. The molecule has 5 nitrogen and oxygen atoms in total. The van der Waals surface area contributed by atoms with E-state index in [2.05, 4.69) is 10.3 Å². The highest BCUT2D eigenvalue weighted by Gasteiger charge is 2.35. The summed E-state index contributed by atoms with van der Waals surface area (Å²) in [4.78, 5) is 29.9. The normalized spacial score (nSPS) is 17.0. The minimum atomic E-state index is -0.869. The third-order valence-corrected chi connectivity index (χ3v) is 4.66. The van der Waals surface area contributed by atoms with Crippen LogP contribution in [0.3, 0.4) is 0 Å². The molecule has 0 aliphatic carbocycles. The van der Waals surface area contributed by atoms with Gasteiger partial charge in [-0.1, -0.05) is 46.9 Å². The first-order chi connectivity index (χ1) is 11.9. The van der Waals surface area contributed by atoms with E-state index in [-0.39, 0.29) is 16.6 Å². The number of para-hydroxylation sites is 1. The first kappa shape index (κ1) is 17.9. The van der Waals surface area contributed by atoms with E-state index in [1.807, 2.05) is 0 Å². The number of aromatic nitrogens is 1. The molecule has 1 aliphatic heterocycles. The highest BCUT2D eigenvalue weighted by molar-refractivity contribution is 6.35. The second kappa shape index (κ2) is 7.15. The molecule has 2 aromatic rings. The number of amides is 2. The van der Waals surface area contributed by atoms with Crippen molar-refractivity contribution in [3.8, 4) is 0 Å². The number of nitrogens with one attached hydrogen (secondary N) is 1. The molecule has 1 N–H and O–H groups in total. The van der Waals surface area contributed by atoms with Crippen LogP contribution in [0.1, 0.15) is 16.8 Å². The van der Waals surface area contributed by atoms with Crippen molar-refractivity contribution in [2.24, 2.45) is 0 Å². The number of pyridine rings is 1. The first-order valence-electron chi connectivity index (χ1n) is 7.27. The zero-order chi connectivity index (χ0) is 18.1. The lowest BCUT2D eigenvalue weighted by Crippen LogP contribution is -2.41. The van der Waals surface area contributed by atoms with Gasteiger partial charge in [-0.3, -0.25) is 9.59 Å². The average Bonchev–Trinajstić information content (AvgIpc) is 2.92. The molecule has 0 unspecified atom stereocenters. The molecule has 0 bridgehead atoms. The van der Waals surface area contributed by atoms with Crippen LogP contribution < -0.4 is 10.2 Å². The molecule has 1 atom stereocenters. The summed E-state index contributed by atoms with van der Waals surface area (Å²) in [5.74, 6) is -1.88. The monoisotopic (exact) mass is 401 g/mol. The highest BCUT2D eigenvalue weighted by atomic mass is 35.5. The van der Waals surface area contributed by atoms with E-state index in [0.717, 1.165) is 6.07 Å². The van der Waals surface area contributed by atoms with Gasteiger partial charge in [-0.2, -0.15) is 0 Å². The smallest absolute Gasteiger partial charge is 0.255 e. The summed E-state index contributed by atoms with van der Waals surface area (Å²) in [7, 11) is 0. The molecule has 3 rings (SSSR count). The van der Waals surface area contributed by atoms with Crippen molar-refractivity contribution in [1.82, 2.24) is 10.3 Å². The fraction of sp³-hybridized carbons (Fsp3) is 0.188. The predicted octanol–water partition coefficient (Wildman–Crippen LogP) is 3.72. The molecular weight excluding hydrogens is 392 g/mol. The Bertz CT molecular complexity index is 863. The van der Waals surface area contributed by atoms with Crippen molar-refractivity contribution in [3.05, 3.63) is 57.0 Å². The SMILES string of the molecule is O=C(N[C@H]1CCN(c2ccccc2Cl)C1=O)c1cc(F)c(Cl)nc1Cl. The summed E-state index contributed by atoms with van der Waals surface area (Å²) in [5.41, 5.74) is 0.385. The molecule has 0 spiro atoms. The van der Waals surface area contributed by atoms with Gasteiger partial charge < -0.3 is 10.2 Å².